The molecule has 2 heterocycles. The van der Waals surface area contributed by atoms with Crippen molar-refractivity contribution in [2.24, 2.45) is 17.5 Å². The van der Waals surface area contributed by atoms with Gasteiger partial charge < -0.3 is 15.4 Å². The van der Waals surface area contributed by atoms with Gasteiger partial charge in [-0.15, -0.1) is 0 Å². The third-order valence-electron chi connectivity index (χ3n) is 6.64. The lowest BCUT2D eigenvalue weighted by Crippen LogP contribution is -2.45. The van der Waals surface area contributed by atoms with Crippen LogP contribution in [0.15, 0.2) is 35.5 Å². The molecule has 0 aliphatic carbocycles. The number of aromatic nitrogens is 2. The van der Waals surface area contributed by atoms with Crippen molar-refractivity contribution in [2.45, 2.75) is 91.8 Å². The van der Waals surface area contributed by atoms with Crippen LogP contribution in [0.2, 0.25) is 0 Å². The lowest BCUT2D eigenvalue weighted by atomic mass is 9.83. The fourth-order valence-electron chi connectivity index (χ4n) is 4.56. The first kappa shape index (κ1) is 28.4. The third kappa shape index (κ3) is 8.44. The van der Waals surface area contributed by atoms with E-state index in [-0.39, 0.29) is 35.8 Å². The molecular formula is C29H43N5O3. The van der Waals surface area contributed by atoms with Crippen molar-refractivity contribution >= 4 is 17.7 Å². The molecule has 0 bridgehead atoms. The smallest absolute Gasteiger partial charge is 0.312 e. The van der Waals surface area contributed by atoms with E-state index in [0.29, 0.717) is 12.1 Å². The van der Waals surface area contributed by atoms with Crippen LogP contribution < -0.4 is 10.6 Å². The summed E-state index contributed by atoms with van der Waals surface area (Å²) in [6.45, 7) is 14.7. The molecule has 1 aromatic carbocycles. The molecule has 0 fully saturated rings. The van der Waals surface area contributed by atoms with E-state index in [4.69, 9.17) is 9.73 Å². The molecule has 2 unspecified atom stereocenters. The van der Waals surface area contributed by atoms with Crippen LogP contribution in [-0.2, 0) is 34.2 Å². The maximum Gasteiger partial charge on any atom is 0.312 e. The van der Waals surface area contributed by atoms with Gasteiger partial charge >= 0.3 is 5.97 Å². The largest absolute Gasteiger partial charge is 0.460 e. The second-order valence-corrected chi connectivity index (χ2v) is 11.9. The summed E-state index contributed by atoms with van der Waals surface area (Å²) in [6.07, 6.45) is 4.78. The van der Waals surface area contributed by atoms with E-state index in [1.165, 1.54) is 6.92 Å². The number of esters is 1. The van der Waals surface area contributed by atoms with Crippen LogP contribution in [0.25, 0.3) is 11.1 Å². The Labute approximate surface area is 221 Å². The molecule has 3 rings (SSSR count). The molecule has 1 aliphatic rings. The summed E-state index contributed by atoms with van der Waals surface area (Å²) in [5, 5.41) is 11.0. The number of aryl methyl sites for hydroxylation is 1. The second kappa shape index (κ2) is 11.5. The highest BCUT2D eigenvalue weighted by Gasteiger charge is 2.29. The van der Waals surface area contributed by atoms with Crippen LogP contribution in [0.5, 0.6) is 0 Å². The van der Waals surface area contributed by atoms with Crippen LogP contribution >= 0.6 is 0 Å². The van der Waals surface area contributed by atoms with E-state index < -0.39 is 5.60 Å². The lowest BCUT2D eigenvalue weighted by molar-refractivity contribution is -0.154. The predicted molar refractivity (Wildman–Crippen MR) is 147 cm³/mol. The Bertz CT molecular complexity index is 1130. The highest BCUT2D eigenvalue weighted by Crippen LogP contribution is 2.29. The standard InChI is InChI=1S/C29H43N5O3/c1-9-29(6,7)16-22-17-30-27(32-22)25(31-19(2)35)14-20-10-12-21(13-11-20)23-18-34(8)33-24(23)15-26(36)37-28(3,4)5/h10-13,18,22,25H,9,14-17H2,1-8H3,(H,30,32)(H,31,35). The lowest BCUT2D eigenvalue weighted by Gasteiger charge is -2.24. The first-order chi connectivity index (χ1) is 17.2. The van der Waals surface area contributed by atoms with E-state index in [9.17, 15) is 9.59 Å². The Hall–Kier alpha value is -3.16. The molecule has 0 spiro atoms. The van der Waals surface area contributed by atoms with Gasteiger partial charge in [-0.1, -0.05) is 51.5 Å². The SMILES string of the molecule is CCC(C)(C)CC1CNC(C(Cc2ccc(-c3cn(C)nc3CC(=O)OC(C)(C)C)cc2)NC(C)=O)=N1. The van der Waals surface area contributed by atoms with Crippen LogP contribution in [-0.4, -0.2) is 51.7 Å². The number of nitrogens with zero attached hydrogens (tertiary/aromatic N) is 3. The van der Waals surface area contributed by atoms with Crippen LogP contribution in [0.4, 0.5) is 0 Å². The second-order valence-electron chi connectivity index (χ2n) is 11.9. The molecule has 8 heteroatoms. The minimum absolute atomic E-state index is 0.0781. The third-order valence-corrected chi connectivity index (χ3v) is 6.64. The Balaban J connectivity index is 1.75. The number of carbonyl (C=O) groups is 2. The van der Waals surface area contributed by atoms with Crippen LogP contribution in [0.3, 0.4) is 0 Å². The number of aliphatic imine (C=N–C) groups is 1. The van der Waals surface area contributed by atoms with Gasteiger partial charge in [-0.2, -0.15) is 5.10 Å². The molecule has 37 heavy (non-hydrogen) atoms. The van der Waals surface area contributed by atoms with Crippen LogP contribution in [0.1, 0.15) is 72.6 Å². The summed E-state index contributed by atoms with van der Waals surface area (Å²) in [5.74, 6) is 0.473. The summed E-state index contributed by atoms with van der Waals surface area (Å²) >= 11 is 0. The highest BCUT2D eigenvalue weighted by atomic mass is 16.6. The molecule has 2 N–H and O–H groups in total. The van der Waals surface area contributed by atoms with E-state index in [0.717, 1.165) is 41.9 Å². The van der Waals surface area contributed by atoms with E-state index in [1.54, 1.807) is 4.68 Å². The van der Waals surface area contributed by atoms with Gasteiger partial charge in [0, 0.05) is 32.3 Å². The number of hydrogen-bond donors (Lipinski definition) is 2. The zero-order valence-electron chi connectivity index (χ0n) is 23.6. The number of ether oxygens (including phenoxy) is 1. The summed E-state index contributed by atoms with van der Waals surface area (Å²) in [5.41, 5.74) is 3.35. The van der Waals surface area contributed by atoms with Crippen molar-refractivity contribution in [2.75, 3.05) is 6.54 Å². The van der Waals surface area contributed by atoms with Gasteiger partial charge in [0.2, 0.25) is 5.91 Å². The van der Waals surface area contributed by atoms with Crippen molar-refractivity contribution < 1.29 is 14.3 Å². The van der Waals surface area contributed by atoms with E-state index in [2.05, 4.69) is 48.6 Å². The number of rotatable bonds is 10. The van der Waals surface area contributed by atoms with Gasteiger partial charge in [0.1, 0.15) is 11.4 Å². The molecule has 2 aromatic rings. The molecular weight excluding hydrogens is 466 g/mol. The normalized spacial score (nSPS) is 16.6. The maximum absolute atomic E-state index is 12.4. The van der Waals surface area contributed by atoms with Crippen molar-refractivity contribution in [1.29, 1.82) is 0 Å². The number of hydrogen-bond acceptors (Lipinski definition) is 6. The fraction of sp³-hybridized carbons (Fsp3) is 0.586. The molecule has 0 radical (unpaired) electrons. The first-order valence-electron chi connectivity index (χ1n) is 13.2. The van der Waals surface area contributed by atoms with Gasteiger partial charge in [0.25, 0.3) is 0 Å². The monoisotopic (exact) mass is 509 g/mol. The Morgan fingerprint density at radius 2 is 1.86 bits per heavy atom. The minimum atomic E-state index is -0.539. The molecule has 1 amide bonds. The Kier molecular flexibility index (Phi) is 8.82. The van der Waals surface area contributed by atoms with Crippen LogP contribution in [0, 0.1) is 5.41 Å². The van der Waals surface area contributed by atoms with Crippen molar-refractivity contribution in [3.63, 3.8) is 0 Å². The summed E-state index contributed by atoms with van der Waals surface area (Å²) in [7, 11) is 1.85. The average Bonchev–Trinajstić information content (AvgIpc) is 3.38. The molecule has 2 atom stereocenters. The zero-order valence-corrected chi connectivity index (χ0v) is 23.6. The topological polar surface area (TPSA) is 97.6 Å². The molecule has 202 valence electrons. The van der Waals surface area contributed by atoms with Gasteiger partial charge in [-0.05, 0) is 50.2 Å². The number of carbonyl (C=O) groups excluding carboxylic acids is 2. The van der Waals surface area contributed by atoms with Gasteiger partial charge in [-0.25, -0.2) is 0 Å². The molecule has 0 saturated heterocycles. The molecule has 8 nitrogen and oxygen atoms in total. The Morgan fingerprint density at radius 3 is 2.46 bits per heavy atom. The van der Waals surface area contributed by atoms with Crippen molar-refractivity contribution in [3.05, 3.63) is 41.7 Å². The number of nitrogens with one attached hydrogen (secondary N) is 2. The Morgan fingerprint density at radius 1 is 1.19 bits per heavy atom. The molecule has 1 aliphatic heterocycles. The van der Waals surface area contributed by atoms with Gasteiger partial charge in [0.05, 0.1) is 24.2 Å². The fourth-order valence-corrected chi connectivity index (χ4v) is 4.56. The number of benzene rings is 1. The summed E-state index contributed by atoms with van der Waals surface area (Å²) in [6, 6.07) is 8.19. The quantitative estimate of drug-likeness (QED) is 0.468. The van der Waals surface area contributed by atoms with E-state index in [1.807, 2.05) is 46.1 Å². The number of amidine groups is 1. The van der Waals surface area contributed by atoms with Gasteiger partial charge in [-0.3, -0.25) is 19.3 Å². The number of amides is 1. The minimum Gasteiger partial charge on any atom is -0.460 e. The maximum atomic E-state index is 12.4. The average molecular weight is 510 g/mol. The van der Waals surface area contributed by atoms with Gasteiger partial charge in [0.15, 0.2) is 0 Å². The zero-order chi connectivity index (χ0) is 27.4. The highest BCUT2D eigenvalue weighted by molar-refractivity contribution is 5.92. The van der Waals surface area contributed by atoms with Crippen molar-refractivity contribution in [1.82, 2.24) is 20.4 Å². The first-order valence-corrected chi connectivity index (χ1v) is 13.2. The predicted octanol–water partition coefficient (Wildman–Crippen LogP) is 4.22. The summed E-state index contributed by atoms with van der Waals surface area (Å²) in [4.78, 5) is 29.3. The molecule has 1 aromatic heterocycles. The summed E-state index contributed by atoms with van der Waals surface area (Å²) < 4.78 is 7.20. The molecule has 0 saturated carbocycles. The van der Waals surface area contributed by atoms with E-state index >= 15 is 0 Å². The van der Waals surface area contributed by atoms with Crippen molar-refractivity contribution in [3.8, 4) is 11.1 Å².